The zero-order valence-corrected chi connectivity index (χ0v) is 12.8. The van der Waals surface area contributed by atoms with Crippen molar-refractivity contribution in [3.8, 4) is 0 Å². The topological polar surface area (TPSA) is 41.4 Å². The Morgan fingerprint density at radius 2 is 1.95 bits per heavy atom. The molecule has 3 heterocycles. The van der Waals surface area contributed by atoms with Gasteiger partial charge in [-0.1, -0.05) is 30.3 Å². The van der Waals surface area contributed by atoms with Gasteiger partial charge in [-0.05, 0) is 5.56 Å². The zero-order valence-electron chi connectivity index (χ0n) is 12.8. The van der Waals surface area contributed by atoms with Crippen LogP contribution in [0.3, 0.4) is 0 Å². The van der Waals surface area contributed by atoms with E-state index >= 15 is 0 Å². The Balaban J connectivity index is 1.63. The summed E-state index contributed by atoms with van der Waals surface area (Å²) in [5.41, 5.74) is 3.33. The van der Waals surface area contributed by atoms with Crippen LogP contribution in [0.2, 0.25) is 0 Å². The summed E-state index contributed by atoms with van der Waals surface area (Å²) in [5, 5.41) is 0. The first kappa shape index (κ1) is 13.5. The zero-order chi connectivity index (χ0) is 15.1. The predicted molar refractivity (Wildman–Crippen MR) is 86.0 cm³/mol. The van der Waals surface area contributed by atoms with Crippen molar-refractivity contribution in [2.45, 2.75) is 26.1 Å². The van der Waals surface area contributed by atoms with Gasteiger partial charge in [0.15, 0.2) is 0 Å². The highest BCUT2D eigenvalue weighted by Gasteiger charge is 2.27. The summed E-state index contributed by atoms with van der Waals surface area (Å²) in [7, 11) is 2.00. The lowest BCUT2D eigenvalue weighted by atomic mass is 10.1. The van der Waals surface area contributed by atoms with Crippen LogP contribution in [0, 0.1) is 0 Å². The maximum Gasteiger partial charge on any atom is 0.279 e. The molecule has 0 saturated carbocycles. The molecule has 0 spiro atoms. The van der Waals surface area contributed by atoms with Gasteiger partial charge in [0.2, 0.25) is 5.95 Å². The highest BCUT2D eigenvalue weighted by molar-refractivity contribution is 5.39. The summed E-state index contributed by atoms with van der Waals surface area (Å²) in [5.74, 6) is 0.834. The Morgan fingerprint density at radius 3 is 2.77 bits per heavy atom. The molecule has 5 nitrogen and oxygen atoms in total. The Hall–Kier alpha value is -2.14. The van der Waals surface area contributed by atoms with Gasteiger partial charge < -0.3 is 9.47 Å². The summed E-state index contributed by atoms with van der Waals surface area (Å²) in [6.07, 6.45) is 0.931. The summed E-state index contributed by atoms with van der Waals surface area (Å²) in [4.78, 5) is 21.1. The minimum absolute atomic E-state index is 0.0484. The van der Waals surface area contributed by atoms with Gasteiger partial charge in [-0.2, -0.15) is 4.98 Å². The number of hydrogen-bond donors (Lipinski definition) is 0. The van der Waals surface area contributed by atoms with Crippen molar-refractivity contribution in [3.63, 3.8) is 0 Å². The molecule has 0 bridgehead atoms. The van der Waals surface area contributed by atoms with Crippen LogP contribution in [0.15, 0.2) is 35.1 Å². The highest BCUT2D eigenvalue weighted by atomic mass is 16.1. The first-order chi connectivity index (χ1) is 10.7. The predicted octanol–water partition coefficient (Wildman–Crippen LogP) is 1.25. The molecule has 2 aliphatic rings. The molecule has 22 heavy (non-hydrogen) atoms. The van der Waals surface area contributed by atoms with E-state index in [0.29, 0.717) is 6.54 Å². The molecule has 0 amide bonds. The molecular formula is C17H20N4O. The third-order valence-corrected chi connectivity index (χ3v) is 4.67. The van der Waals surface area contributed by atoms with Crippen molar-refractivity contribution >= 4 is 5.95 Å². The fourth-order valence-electron chi connectivity index (χ4n) is 3.49. The average molecular weight is 296 g/mol. The number of benzene rings is 1. The van der Waals surface area contributed by atoms with Crippen molar-refractivity contribution in [2.24, 2.45) is 0 Å². The van der Waals surface area contributed by atoms with E-state index in [1.54, 1.807) is 0 Å². The van der Waals surface area contributed by atoms with Gasteiger partial charge in [0, 0.05) is 51.9 Å². The molecular weight excluding hydrogens is 276 g/mol. The lowest BCUT2D eigenvalue weighted by Crippen LogP contribution is -2.37. The molecule has 1 aromatic heterocycles. The SMILES string of the molecule is CN1CCn2c1nc(=O)c1c2CCN(Cc2ccccc2)C1. The number of anilines is 1. The minimum Gasteiger partial charge on any atom is -0.343 e. The molecule has 114 valence electrons. The first-order valence-electron chi connectivity index (χ1n) is 7.82. The van der Waals surface area contributed by atoms with E-state index in [0.717, 1.165) is 44.1 Å². The van der Waals surface area contributed by atoms with Crippen molar-refractivity contribution in [1.29, 1.82) is 0 Å². The van der Waals surface area contributed by atoms with Crippen LogP contribution in [-0.4, -0.2) is 34.6 Å². The average Bonchev–Trinajstić information content (AvgIpc) is 2.90. The smallest absolute Gasteiger partial charge is 0.279 e. The van der Waals surface area contributed by atoms with E-state index in [1.165, 1.54) is 11.3 Å². The number of rotatable bonds is 2. The van der Waals surface area contributed by atoms with E-state index < -0.39 is 0 Å². The second-order valence-corrected chi connectivity index (χ2v) is 6.16. The number of fused-ring (bicyclic) bond motifs is 3. The molecule has 2 aliphatic heterocycles. The fourth-order valence-corrected chi connectivity index (χ4v) is 3.49. The number of likely N-dealkylation sites (N-methyl/N-ethyl adjacent to an activating group) is 1. The molecule has 0 aliphatic carbocycles. The first-order valence-corrected chi connectivity index (χ1v) is 7.82. The van der Waals surface area contributed by atoms with Crippen LogP contribution in [0.5, 0.6) is 0 Å². The van der Waals surface area contributed by atoms with Gasteiger partial charge >= 0.3 is 0 Å². The molecule has 0 N–H and O–H groups in total. The molecule has 5 heteroatoms. The largest absolute Gasteiger partial charge is 0.343 e. The van der Waals surface area contributed by atoms with Gasteiger partial charge in [-0.15, -0.1) is 0 Å². The van der Waals surface area contributed by atoms with E-state index in [4.69, 9.17) is 0 Å². The molecule has 1 aromatic carbocycles. The van der Waals surface area contributed by atoms with Gasteiger partial charge in [0.1, 0.15) is 0 Å². The minimum atomic E-state index is -0.0484. The Bertz CT molecular complexity index is 753. The van der Waals surface area contributed by atoms with Crippen molar-refractivity contribution in [2.75, 3.05) is 25.0 Å². The molecule has 4 rings (SSSR count). The van der Waals surface area contributed by atoms with Crippen LogP contribution in [0.4, 0.5) is 5.95 Å². The summed E-state index contributed by atoms with van der Waals surface area (Å²) >= 11 is 0. The van der Waals surface area contributed by atoms with Crippen LogP contribution in [-0.2, 0) is 26.1 Å². The van der Waals surface area contributed by atoms with E-state index in [1.807, 2.05) is 13.1 Å². The van der Waals surface area contributed by atoms with Gasteiger partial charge in [-0.3, -0.25) is 9.69 Å². The van der Waals surface area contributed by atoms with Crippen LogP contribution >= 0.6 is 0 Å². The molecule has 2 aromatic rings. The Kier molecular flexibility index (Phi) is 3.22. The highest BCUT2D eigenvalue weighted by Crippen LogP contribution is 2.24. The summed E-state index contributed by atoms with van der Waals surface area (Å²) in [6, 6.07) is 10.4. The fraction of sp³-hybridized carbons (Fsp3) is 0.412. The van der Waals surface area contributed by atoms with Crippen molar-refractivity contribution in [1.82, 2.24) is 14.5 Å². The van der Waals surface area contributed by atoms with Crippen LogP contribution < -0.4 is 10.5 Å². The van der Waals surface area contributed by atoms with E-state index in [9.17, 15) is 4.79 Å². The lowest BCUT2D eigenvalue weighted by Gasteiger charge is -2.29. The van der Waals surface area contributed by atoms with Gasteiger partial charge in [0.05, 0.1) is 5.56 Å². The number of hydrogen-bond acceptors (Lipinski definition) is 4. The van der Waals surface area contributed by atoms with Gasteiger partial charge in [0.25, 0.3) is 5.56 Å². The molecule has 0 fully saturated rings. The maximum atomic E-state index is 12.4. The maximum absolute atomic E-state index is 12.4. The van der Waals surface area contributed by atoms with Crippen LogP contribution in [0.1, 0.15) is 16.8 Å². The van der Waals surface area contributed by atoms with Crippen molar-refractivity contribution < 1.29 is 0 Å². The second kappa shape index (κ2) is 5.25. The molecule has 0 saturated heterocycles. The summed E-state index contributed by atoms with van der Waals surface area (Å²) in [6.45, 7) is 4.48. The monoisotopic (exact) mass is 296 g/mol. The normalized spacial score (nSPS) is 17.4. The number of nitrogens with zero attached hydrogens (tertiary/aromatic N) is 4. The van der Waals surface area contributed by atoms with E-state index in [2.05, 4.69) is 43.6 Å². The van der Waals surface area contributed by atoms with Crippen LogP contribution in [0.25, 0.3) is 0 Å². The quantitative estimate of drug-likeness (QED) is 0.836. The molecule has 0 radical (unpaired) electrons. The molecule has 0 unspecified atom stereocenters. The summed E-state index contributed by atoms with van der Waals surface area (Å²) < 4.78 is 2.23. The standard InChI is InChI=1S/C17H20N4O/c1-19-9-10-21-15-7-8-20(11-13-5-3-2-4-6-13)12-14(15)16(22)18-17(19)21/h2-6H,7-12H2,1H3. The Morgan fingerprint density at radius 1 is 1.14 bits per heavy atom. The lowest BCUT2D eigenvalue weighted by molar-refractivity contribution is 0.239. The van der Waals surface area contributed by atoms with E-state index in [-0.39, 0.29) is 5.56 Å². The van der Waals surface area contributed by atoms with Gasteiger partial charge in [-0.25, -0.2) is 0 Å². The number of aromatic nitrogens is 2. The third kappa shape index (κ3) is 2.22. The third-order valence-electron chi connectivity index (χ3n) is 4.67. The molecule has 0 atom stereocenters. The second-order valence-electron chi connectivity index (χ2n) is 6.16. The Labute approximate surface area is 129 Å². The van der Waals surface area contributed by atoms with Crippen molar-refractivity contribution in [3.05, 3.63) is 57.5 Å².